The van der Waals surface area contributed by atoms with Gasteiger partial charge in [0.05, 0.1) is 18.3 Å². The van der Waals surface area contributed by atoms with Crippen LogP contribution < -0.4 is 4.90 Å². The highest BCUT2D eigenvalue weighted by Gasteiger charge is 2.42. The minimum absolute atomic E-state index is 0.00852. The predicted octanol–water partition coefficient (Wildman–Crippen LogP) is 5.31. The molecule has 2 unspecified atom stereocenters. The summed E-state index contributed by atoms with van der Waals surface area (Å²) in [5, 5.41) is 13.2. The van der Waals surface area contributed by atoms with Crippen LogP contribution in [-0.4, -0.2) is 39.4 Å². The van der Waals surface area contributed by atoms with E-state index in [0.29, 0.717) is 17.0 Å². The molecule has 3 fully saturated rings. The van der Waals surface area contributed by atoms with Crippen molar-refractivity contribution in [2.45, 2.75) is 69.2 Å². The molecule has 3 aliphatic rings. The third kappa shape index (κ3) is 4.07. The van der Waals surface area contributed by atoms with Crippen molar-refractivity contribution < 1.29 is 27.9 Å². The minimum atomic E-state index is -0.990. The number of anilines is 1. The number of piperidine rings is 1. The molecular weight excluding hydrogens is 456 g/mol. The van der Waals surface area contributed by atoms with Crippen molar-refractivity contribution in [2.24, 2.45) is 0 Å². The van der Waals surface area contributed by atoms with Crippen LogP contribution in [0.3, 0.4) is 0 Å². The van der Waals surface area contributed by atoms with Crippen LogP contribution in [0.4, 0.5) is 14.6 Å². The quantitative estimate of drug-likeness (QED) is 0.489. The molecule has 0 radical (unpaired) electrons. The number of rotatable bonds is 7. The lowest BCUT2D eigenvalue weighted by Gasteiger charge is -2.39. The van der Waals surface area contributed by atoms with Crippen LogP contribution in [0.5, 0.6) is 0 Å². The Kier molecular flexibility index (Phi) is 5.51. The smallest absolute Gasteiger partial charge is 0.337 e. The number of carboxylic acids is 1. The van der Waals surface area contributed by atoms with Gasteiger partial charge in [-0.25, -0.2) is 18.6 Å². The van der Waals surface area contributed by atoms with E-state index in [1.54, 1.807) is 12.1 Å². The van der Waals surface area contributed by atoms with Crippen LogP contribution in [-0.2, 0) is 11.3 Å². The van der Waals surface area contributed by atoms with E-state index in [-0.39, 0.29) is 41.8 Å². The Bertz CT molecular complexity index is 1240. The van der Waals surface area contributed by atoms with Crippen LogP contribution >= 0.6 is 0 Å². The van der Waals surface area contributed by atoms with Gasteiger partial charge in [-0.3, -0.25) is 0 Å². The molecule has 2 aliphatic heterocycles. The highest BCUT2D eigenvalue weighted by Crippen LogP contribution is 2.45. The zero-order chi connectivity index (χ0) is 24.1. The first-order valence-corrected chi connectivity index (χ1v) is 12.0. The SMILES string of the molecule is O=C(O)c1ccc(N2C3CC[C@H]2CC(OCc2c(-c4cccc(F)c4F)noc2C2CC2)C3)nc1. The number of pyridine rings is 1. The Morgan fingerprint density at radius 3 is 2.54 bits per heavy atom. The van der Waals surface area contributed by atoms with Crippen molar-refractivity contribution in [3.63, 3.8) is 0 Å². The summed E-state index contributed by atoms with van der Waals surface area (Å²) in [7, 11) is 0. The maximum atomic E-state index is 14.5. The number of halogens is 2. The van der Waals surface area contributed by atoms with Crippen LogP contribution in [0.1, 0.15) is 66.1 Å². The van der Waals surface area contributed by atoms with Crippen molar-refractivity contribution in [1.82, 2.24) is 10.1 Å². The van der Waals surface area contributed by atoms with E-state index in [4.69, 9.17) is 14.4 Å². The number of benzene rings is 1. The fraction of sp³-hybridized carbons (Fsp3) is 0.423. The van der Waals surface area contributed by atoms with Crippen molar-refractivity contribution in [3.05, 3.63) is 65.1 Å². The Hall–Kier alpha value is -3.33. The Morgan fingerprint density at radius 2 is 1.89 bits per heavy atom. The molecule has 35 heavy (non-hydrogen) atoms. The third-order valence-electron chi connectivity index (χ3n) is 7.39. The molecule has 3 atom stereocenters. The molecule has 2 saturated heterocycles. The average molecular weight is 481 g/mol. The zero-order valence-electron chi connectivity index (χ0n) is 19.0. The summed E-state index contributed by atoms with van der Waals surface area (Å²) < 4.78 is 40.3. The van der Waals surface area contributed by atoms with Crippen molar-refractivity contribution in [3.8, 4) is 11.3 Å². The standard InChI is InChI=1S/C26H25F2N3O4/c27-21-3-1-2-19(23(21)28)24-20(25(35-30-24)14-4-5-14)13-34-18-10-16-7-8-17(11-18)31(16)22-9-6-15(12-29-22)26(32)33/h1-3,6,9,12,14,16-18H,4-5,7-8,10-11,13H2,(H,32,33)/t16-,17?,18?/m0/s1. The number of hydrogen-bond acceptors (Lipinski definition) is 6. The average Bonchev–Trinajstić information content (AvgIpc) is 3.56. The normalized spacial score (nSPS) is 23.6. The lowest BCUT2D eigenvalue weighted by atomic mass is 9.99. The van der Waals surface area contributed by atoms with Gasteiger partial charge in [-0.15, -0.1) is 0 Å². The fourth-order valence-corrected chi connectivity index (χ4v) is 5.53. The summed E-state index contributed by atoms with van der Waals surface area (Å²) >= 11 is 0. The summed E-state index contributed by atoms with van der Waals surface area (Å²) in [6.07, 6.45) is 7.05. The van der Waals surface area contributed by atoms with Gasteiger partial charge in [0.25, 0.3) is 0 Å². The molecule has 182 valence electrons. The molecule has 1 aromatic carbocycles. The molecule has 4 heterocycles. The monoisotopic (exact) mass is 481 g/mol. The summed E-state index contributed by atoms with van der Waals surface area (Å²) in [4.78, 5) is 17.8. The molecule has 9 heteroatoms. The third-order valence-corrected chi connectivity index (χ3v) is 7.39. The number of fused-ring (bicyclic) bond motifs is 2. The highest BCUT2D eigenvalue weighted by molar-refractivity contribution is 5.87. The van der Waals surface area contributed by atoms with E-state index >= 15 is 0 Å². The molecule has 0 spiro atoms. The van der Waals surface area contributed by atoms with Gasteiger partial charge in [0, 0.05) is 35.3 Å². The van der Waals surface area contributed by atoms with Gasteiger partial charge >= 0.3 is 5.97 Å². The zero-order valence-corrected chi connectivity index (χ0v) is 19.0. The first kappa shape index (κ1) is 22.2. The van der Waals surface area contributed by atoms with Gasteiger partial charge in [-0.05, 0) is 62.8 Å². The molecule has 3 aromatic rings. The van der Waals surface area contributed by atoms with Crippen molar-refractivity contribution in [1.29, 1.82) is 0 Å². The van der Waals surface area contributed by atoms with Crippen molar-refractivity contribution >= 4 is 11.8 Å². The summed E-state index contributed by atoms with van der Waals surface area (Å²) in [6.45, 7) is 0.232. The van der Waals surface area contributed by atoms with Crippen LogP contribution in [0.2, 0.25) is 0 Å². The highest BCUT2D eigenvalue weighted by atomic mass is 19.2. The van der Waals surface area contributed by atoms with E-state index in [0.717, 1.165) is 50.4 Å². The first-order valence-electron chi connectivity index (χ1n) is 12.0. The molecule has 2 aromatic heterocycles. The summed E-state index contributed by atoms with van der Waals surface area (Å²) in [6, 6.07) is 7.94. The molecule has 0 amide bonds. The number of aromatic carboxylic acids is 1. The van der Waals surface area contributed by atoms with Crippen molar-refractivity contribution in [2.75, 3.05) is 4.90 Å². The fourth-order valence-electron chi connectivity index (χ4n) is 5.53. The largest absolute Gasteiger partial charge is 0.478 e. The topological polar surface area (TPSA) is 88.7 Å². The summed E-state index contributed by atoms with van der Waals surface area (Å²) in [5.74, 6) is -1.08. The van der Waals surface area contributed by atoms with Gasteiger partial charge in [0.15, 0.2) is 11.6 Å². The minimum Gasteiger partial charge on any atom is -0.478 e. The van der Waals surface area contributed by atoms with E-state index in [2.05, 4.69) is 15.0 Å². The van der Waals surface area contributed by atoms with Gasteiger partial charge in [-0.1, -0.05) is 11.2 Å². The number of aromatic nitrogens is 2. The second kappa shape index (κ2) is 8.71. The van der Waals surface area contributed by atoms with Gasteiger partial charge in [-0.2, -0.15) is 0 Å². The summed E-state index contributed by atoms with van der Waals surface area (Å²) in [5.41, 5.74) is 1.28. The Morgan fingerprint density at radius 1 is 1.11 bits per heavy atom. The number of hydrogen-bond donors (Lipinski definition) is 1. The number of carboxylic acid groups (broad SMARTS) is 1. The molecule has 7 nitrogen and oxygen atoms in total. The second-order valence-electron chi connectivity index (χ2n) is 9.66. The Balaban J connectivity index is 1.19. The predicted molar refractivity (Wildman–Crippen MR) is 122 cm³/mol. The van der Waals surface area contributed by atoms with Crippen LogP contribution in [0.25, 0.3) is 11.3 Å². The maximum Gasteiger partial charge on any atom is 0.337 e. The molecule has 2 bridgehead atoms. The van der Waals surface area contributed by atoms with E-state index in [9.17, 15) is 13.6 Å². The molecule has 1 saturated carbocycles. The van der Waals surface area contributed by atoms with Gasteiger partial charge in [0.2, 0.25) is 0 Å². The lowest BCUT2D eigenvalue weighted by molar-refractivity contribution is 0.0146. The molecule has 1 N–H and O–H groups in total. The molecular formula is C26H25F2N3O4. The lowest BCUT2D eigenvalue weighted by Crippen LogP contribution is -2.46. The van der Waals surface area contributed by atoms with E-state index in [1.165, 1.54) is 18.3 Å². The first-order chi connectivity index (χ1) is 17.0. The second-order valence-corrected chi connectivity index (χ2v) is 9.66. The van der Waals surface area contributed by atoms with Gasteiger partial charge < -0.3 is 19.3 Å². The molecule has 1 aliphatic carbocycles. The maximum absolute atomic E-state index is 14.5. The number of carbonyl (C=O) groups is 1. The number of ether oxygens (including phenoxy) is 1. The van der Waals surface area contributed by atoms with Gasteiger partial charge in [0.1, 0.15) is 17.3 Å². The van der Waals surface area contributed by atoms with E-state index < -0.39 is 17.6 Å². The van der Waals surface area contributed by atoms with Crippen LogP contribution in [0.15, 0.2) is 41.1 Å². The Labute approximate surface area is 200 Å². The van der Waals surface area contributed by atoms with E-state index in [1.807, 2.05) is 0 Å². The number of nitrogens with zero attached hydrogens (tertiary/aromatic N) is 3. The van der Waals surface area contributed by atoms with Crippen LogP contribution in [0, 0.1) is 11.6 Å². The molecule has 6 rings (SSSR count).